The molecule has 0 fully saturated rings. The van der Waals surface area contributed by atoms with Gasteiger partial charge in [0.1, 0.15) is 0 Å². The first-order valence-corrected chi connectivity index (χ1v) is 5.87. The molecule has 1 aliphatic heterocycles. The minimum Gasteiger partial charge on any atom is -0.366 e. The second kappa shape index (κ2) is 5.44. The summed E-state index contributed by atoms with van der Waals surface area (Å²) in [5.74, 6) is 0.0594. The Morgan fingerprint density at radius 1 is 1.39 bits per heavy atom. The number of ketones is 1. The number of Topliss-reactive ketones (excluding diaryl/α,β-unsaturated/α-hetero) is 1. The van der Waals surface area contributed by atoms with Crippen molar-refractivity contribution >= 4 is 23.2 Å². The molecule has 0 radical (unpaired) electrons. The first kappa shape index (κ1) is 12.3. The van der Waals surface area contributed by atoms with Gasteiger partial charge in [0.25, 0.3) is 5.91 Å². The Hall–Kier alpha value is -2.17. The standard InChI is InChI=1S/C13H15N3O2/c1-9(17)10-4-2-5-11(8-10)16-13(18)12-14-6-3-7-15-12/h2,4-5,8H,3,6-7H2,1H3,(H,14,15)(H,16,18). The number of rotatable bonds is 3. The maximum absolute atomic E-state index is 11.9. The van der Waals surface area contributed by atoms with Crippen LogP contribution >= 0.6 is 0 Å². The van der Waals surface area contributed by atoms with Gasteiger partial charge in [0.2, 0.25) is 0 Å². The van der Waals surface area contributed by atoms with Gasteiger partial charge in [0.05, 0.1) is 0 Å². The highest BCUT2D eigenvalue weighted by Gasteiger charge is 2.13. The Kier molecular flexibility index (Phi) is 3.72. The zero-order valence-corrected chi connectivity index (χ0v) is 10.2. The smallest absolute Gasteiger partial charge is 0.290 e. The van der Waals surface area contributed by atoms with Gasteiger partial charge in [-0.15, -0.1) is 0 Å². The first-order chi connectivity index (χ1) is 8.66. The summed E-state index contributed by atoms with van der Waals surface area (Å²) in [5, 5.41) is 5.67. The molecular formula is C13H15N3O2. The number of hydrogen-bond acceptors (Lipinski definition) is 4. The van der Waals surface area contributed by atoms with Gasteiger partial charge in [-0.3, -0.25) is 14.6 Å². The van der Waals surface area contributed by atoms with Crippen LogP contribution in [0.3, 0.4) is 0 Å². The van der Waals surface area contributed by atoms with Crippen molar-refractivity contribution in [2.24, 2.45) is 4.99 Å². The maximum atomic E-state index is 11.9. The van der Waals surface area contributed by atoms with Crippen LogP contribution in [0.4, 0.5) is 5.69 Å². The van der Waals surface area contributed by atoms with Crippen LogP contribution in [0.25, 0.3) is 0 Å². The molecule has 2 N–H and O–H groups in total. The largest absolute Gasteiger partial charge is 0.366 e. The third-order valence-corrected chi connectivity index (χ3v) is 2.64. The van der Waals surface area contributed by atoms with E-state index >= 15 is 0 Å². The van der Waals surface area contributed by atoms with E-state index in [2.05, 4.69) is 15.6 Å². The lowest BCUT2D eigenvalue weighted by atomic mass is 10.1. The molecule has 2 rings (SSSR count). The third kappa shape index (κ3) is 2.94. The normalized spacial score (nSPS) is 14.4. The van der Waals surface area contributed by atoms with Crippen molar-refractivity contribution in [1.29, 1.82) is 0 Å². The van der Waals surface area contributed by atoms with E-state index in [1.54, 1.807) is 24.3 Å². The summed E-state index contributed by atoms with van der Waals surface area (Å²) >= 11 is 0. The maximum Gasteiger partial charge on any atom is 0.290 e. The Morgan fingerprint density at radius 3 is 2.89 bits per heavy atom. The van der Waals surface area contributed by atoms with Crippen molar-refractivity contribution in [2.45, 2.75) is 13.3 Å². The van der Waals surface area contributed by atoms with E-state index in [1.165, 1.54) is 6.92 Å². The van der Waals surface area contributed by atoms with Crippen LogP contribution in [0.15, 0.2) is 29.3 Å². The lowest BCUT2D eigenvalue weighted by molar-refractivity contribution is -0.110. The van der Waals surface area contributed by atoms with Crippen LogP contribution < -0.4 is 10.6 Å². The number of amides is 1. The number of hydrogen-bond donors (Lipinski definition) is 2. The van der Waals surface area contributed by atoms with Crippen LogP contribution in [0.1, 0.15) is 23.7 Å². The number of nitrogens with one attached hydrogen (secondary N) is 2. The molecule has 0 aliphatic carbocycles. The molecule has 18 heavy (non-hydrogen) atoms. The predicted octanol–water partition coefficient (Wildman–Crippen LogP) is 1.22. The number of aliphatic imine (C=N–C) groups is 1. The summed E-state index contributed by atoms with van der Waals surface area (Å²) in [5.41, 5.74) is 1.18. The van der Waals surface area contributed by atoms with E-state index in [0.29, 0.717) is 23.6 Å². The van der Waals surface area contributed by atoms with Crippen LogP contribution in [0, 0.1) is 0 Å². The van der Waals surface area contributed by atoms with Gasteiger partial charge >= 0.3 is 0 Å². The topological polar surface area (TPSA) is 70.6 Å². The minimum atomic E-state index is -0.268. The van der Waals surface area contributed by atoms with Crippen molar-refractivity contribution in [2.75, 3.05) is 18.4 Å². The molecule has 0 unspecified atom stereocenters. The molecule has 94 valence electrons. The summed E-state index contributed by atoms with van der Waals surface area (Å²) in [6.45, 7) is 2.93. The molecule has 1 heterocycles. The van der Waals surface area contributed by atoms with Crippen molar-refractivity contribution in [3.05, 3.63) is 29.8 Å². The monoisotopic (exact) mass is 245 g/mol. The zero-order chi connectivity index (χ0) is 13.0. The van der Waals surface area contributed by atoms with E-state index in [9.17, 15) is 9.59 Å². The highest BCUT2D eigenvalue weighted by Crippen LogP contribution is 2.11. The Morgan fingerprint density at radius 2 is 2.22 bits per heavy atom. The Bertz CT molecular complexity index is 509. The SMILES string of the molecule is CC(=O)c1cccc(NC(=O)C2=NCCCN2)c1. The van der Waals surface area contributed by atoms with E-state index in [4.69, 9.17) is 0 Å². The fourth-order valence-electron chi connectivity index (χ4n) is 1.69. The molecule has 5 nitrogen and oxygen atoms in total. The van der Waals surface area contributed by atoms with Gasteiger partial charge < -0.3 is 10.6 Å². The number of nitrogens with zero attached hydrogens (tertiary/aromatic N) is 1. The van der Waals surface area contributed by atoms with Crippen molar-refractivity contribution in [3.8, 4) is 0 Å². The molecule has 0 spiro atoms. The second-order valence-electron chi connectivity index (χ2n) is 4.10. The molecule has 0 atom stereocenters. The fraction of sp³-hybridized carbons (Fsp3) is 0.308. The highest BCUT2D eigenvalue weighted by molar-refractivity contribution is 6.42. The quantitative estimate of drug-likeness (QED) is 0.786. The summed E-state index contributed by atoms with van der Waals surface area (Å²) in [6.07, 6.45) is 0.941. The Labute approximate surface area is 105 Å². The van der Waals surface area contributed by atoms with E-state index < -0.39 is 0 Å². The summed E-state index contributed by atoms with van der Waals surface area (Å²) in [4.78, 5) is 27.2. The van der Waals surface area contributed by atoms with Crippen molar-refractivity contribution in [1.82, 2.24) is 5.32 Å². The molecule has 0 bridgehead atoms. The fourth-order valence-corrected chi connectivity index (χ4v) is 1.69. The van der Waals surface area contributed by atoms with Crippen LogP contribution in [-0.4, -0.2) is 30.6 Å². The molecule has 1 aromatic rings. The summed E-state index contributed by atoms with van der Waals surface area (Å²) in [6, 6.07) is 6.86. The molecular weight excluding hydrogens is 230 g/mol. The first-order valence-electron chi connectivity index (χ1n) is 5.87. The van der Waals surface area contributed by atoms with Gasteiger partial charge in [-0.2, -0.15) is 0 Å². The van der Waals surface area contributed by atoms with Gasteiger partial charge in [-0.05, 0) is 25.5 Å². The highest BCUT2D eigenvalue weighted by atomic mass is 16.2. The van der Waals surface area contributed by atoms with Crippen LogP contribution in [0.5, 0.6) is 0 Å². The van der Waals surface area contributed by atoms with Gasteiger partial charge in [0.15, 0.2) is 11.6 Å². The average Bonchev–Trinajstić information content (AvgIpc) is 2.40. The summed E-state index contributed by atoms with van der Waals surface area (Å²) in [7, 11) is 0. The third-order valence-electron chi connectivity index (χ3n) is 2.64. The number of carbonyl (C=O) groups is 2. The van der Waals surface area contributed by atoms with Gasteiger partial charge in [-0.1, -0.05) is 12.1 Å². The van der Waals surface area contributed by atoms with E-state index in [1.807, 2.05) is 0 Å². The zero-order valence-electron chi connectivity index (χ0n) is 10.2. The molecule has 0 aromatic heterocycles. The molecule has 1 aromatic carbocycles. The number of amidine groups is 1. The average molecular weight is 245 g/mol. The van der Waals surface area contributed by atoms with Crippen molar-refractivity contribution < 1.29 is 9.59 Å². The lowest BCUT2D eigenvalue weighted by Crippen LogP contribution is -2.39. The number of benzene rings is 1. The van der Waals surface area contributed by atoms with Gasteiger partial charge in [-0.25, -0.2) is 0 Å². The second-order valence-corrected chi connectivity index (χ2v) is 4.10. The van der Waals surface area contributed by atoms with E-state index in [-0.39, 0.29) is 11.7 Å². The van der Waals surface area contributed by atoms with E-state index in [0.717, 1.165) is 13.0 Å². The molecule has 1 aliphatic rings. The van der Waals surface area contributed by atoms with Gasteiger partial charge in [0, 0.05) is 24.3 Å². The van der Waals surface area contributed by atoms with Crippen LogP contribution in [0.2, 0.25) is 0 Å². The lowest BCUT2D eigenvalue weighted by Gasteiger charge is -2.14. The summed E-state index contributed by atoms with van der Waals surface area (Å²) < 4.78 is 0. The molecule has 5 heteroatoms. The minimum absolute atomic E-state index is 0.0285. The Balaban J connectivity index is 2.09. The van der Waals surface area contributed by atoms with Crippen molar-refractivity contribution in [3.63, 3.8) is 0 Å². The number of carbonyl (C=O) groups excluding carboxylic acids is 2. The predicted molar refractivity (Wildman–Crippen MR) is 70.0 cm³/mol. The number of anilines is 1. The molecule has 0 saturated carbocycles. The molecule has 1 amide bonds. The van der Waals surface area contributed by atoms with Crippen LogP contribution in [-0.2, 0) is 4.79 Å². The molecule has 0 saturated heterocycles.